The van der Waals surface area contributed by atoms with Crippen LogP contribution in [0, 0.1) is 5.92 Å². The van der Waals surface area contributed by atoms with Crippen LogP contribution in [0.4, 0.5) is 0 Å². The number of ketones is 1. The average Bonchev–Trinajstić information content (AvgIpc) is 2.14. The molecular formula is C6H7NO3. The molecule has 1 unspecified atom stereocenters. The summed E-state index contributed by atoms with van der Waals surface area (Å²) in [5, 5.41) is 3.31. The van der Waals surface area contributed by atoms with E-state index < -0.39 is 11.9 Å². The predicted molar refractivity (Wildman–Crippen MR) is 33.4 cm³/mol. The number of carbonyl (C=O) groups excluding carboxylic acids is 2. The first kappa shape index (κ1) is 6.92. The van der Waals surface area contributed by atoms with Crippen molar-refractivity contribution >= 4 is 17.5 Å². The summed E-state index contributed by atoms with van der Waals surface area (Å²) in [5.74, 6) is -1.15. The van der Waals surface area contributed by atoms with Gasteiger partial charge in [0.05, 0.1) is 0 Å². The van der Waals surface area contributed by atoms with Gasteiger partial charge in [-0.05, 0) is 6.92 Å². The lowest BCUT2D eigenvalue weighted by Gasteiger charge is -1.94. The monoisotopic (exact) mass is 141 g/mol. The van der Waals surface area contributed by atoms with E-state index in [1.54, 1.807) is 6.92 Å². The van der Waals surface area contributed by atoms with E-state index in [0.717, 1.165) is 0 Å². The summed E-state index contributed by atoms with van der Waals surface area (Å²) in [4.78, 5) is 25.5. The van der Waals surface area contributed by atoms with Crippen molar-refractivity contribution in [3.63, 3.8) is 0 Å². The lowest BCUT2D eigenvalue weighted by molar-refractivity contribution is -0.143. The molecule has 0 aromatic rings. The minimum absolute atomic E-state index is 0.210. The van der Waals surface area contributed by atoms with Crippen LogP contribution in [0.2, 0.25) is 0 Å². The number of nitrogens with zero attached hydrogens (tertiary/aromatic N) is 1. The molecule has 0 N–H and O–H groups in total. The van der Waals surface area contributed by atoms with Crippen LogP contribution in [0.1, 0.15) is 13.8 Å². The molecule has 1 heterocycles. The summed E-state index contributed by atoms with van der Waals surface area (Å²) < 4.78 is 0. The molecule has 0 saturated carbocycles. The Morgan fingerprint density at radius 1 is 1.70 bits per heavy atom. The molecule has 0 amide bonds. The predicted octanol–water partition coefficient (Wildman–Crippen LogP) is 0.124. The van der Waals surface area contributed by atoms with Crippen molar-refractivity contribution < 1.29 is 14.4 Å². The molecule has 0 aliphatic carbocycles. The second-order valence-electron chi connectivity index (χ2n) is 2.16. The van der Waals surface area contributed by atoms with Crippen LogP contribution in [0.3, 0.4) is 0 Å². The highest BCUT2D eigenvalue weighted by molar-refractivity contribution is 6.43. The molecular weight excluding hydrogens is 134 g/mol. The number of Topliss-reactive ketones (excluding diaryl/α,β-unsaturated/α-hetero) is 1. The van der Waals surface area contributed by atoms with Crippen LogP contribution in [0.25, 0.3) is 0 Å². The maximum Gasteiger partial charge on any atom is 0.343 e. The molecule has 1 rings (SSSR count). The Balaban J connectivity index is 2.81. The minimum Gasteiger partial charge on any atom is -0.317 e. The second kappa shape index (κ2) is 2.21. The Morgan fingerprint density at radius 3 is 2.50 bits per heavy atom. The first-order valence-electron chi connectivity index (χ1n) is 2.92. The third-order valence-corrected chi connectivity index (χ3v) is 1.36. The summed E-state index contributed by atoms with van der Waals surface area (Å²) in [6.45, 7) is 2.95. The number of hydrogen-bond donors (Lipinski definition) is 0. The van der Waals surface area contributed by atoms with Crippen LogP contribution in [0.15, 0.2) is 5.16 Å². The van der Waals surface area contributed by atoms with Crippen LogP contribution < -0.4 is 0 Å². The van der Waals surface area contributed by atoms with Crippen LogP contribution in [-0.2, 0) is 14.4 Å². The van der Waals surface area contributed by atoms with Gasteiger partial charge in [-0.1, -0.05) is 5.16 Å². The average molecular weight is 141 g/mol. The van der Waals surface area contributed by atoms with Crippen molar-refractivity contribution in [2.75, 3.05) is 0 Å². The van der Waals surface area contributed by atoms with E-state index in [9.17, 15) is 9.59 Å². The van der Waals surface area contributed by atoms with Gasteiger partial charge >= 0.3 is 5.97 Å². The Bertz CT molecular complexity index is 219. The minimum atomic E-state index is -0.488. The molecule has 1 aliphatic rings. The smallest absolute Gasteiger partial charge is 0.317 e. The topological polar surface area (TPSA) is 55.7 Å². The number of oxime groups is 1. The molecule has 0 radical (unpaired) electrons. The highest BCUT2D eigenvalue weighted by Crippen LogP contribution is 2.10. The molecule has 0 spiro atoms. The summed E-state index contributed by atoms with van der Waals surface area (Å²) in [5.41, 5.74) is 0.213. The highest BCUT2D eigenvalue weighted by Gasteiger charge is 2.30. The van der Waals surface area contributed by atoms with Crippen molar-refractivity contribution in [1.82, 2.24) is 0 Å². The molecule has 1 atom stereocenters. The molecule has 4 nitrogen and oxygen atoms in total. The van der Waals surface area contributed by atoms with Gasteiger partial charge < -0.3 is 4.84 Å². The van der Waals surface area contributed by atoms with E-state index in [1.165, 1.54) is 6.92 Å². The fraction of sp³-hybridized carbons (Fsp3) is 0.500. The van der Waals surface area contributed by atoms with E-state index in [-0.39, 0.29) is 11.5 Å². The summed E-state index contributed by atoms with van der Waals surface area (Å²) in [7, 11) is 0. The Morgan fingerprint density at radius 2 is 2.30 bits per heavy atom. The maximum absolute atomic E-state index is 10.6. The first-order chi connectivity index (χ1) is 4.63. The van der Waals surface area contributed by atoms with E-state index in [2.05, 4.69) is 9.99 Å². The molecule has 1 aliphatic heterocycles. The van der Waals surface area contributed by atoms with Crippen LogP contribution >= 0.6 is 0 Å². The van der Waals surface area contributed by atoms with Gasteiger partial charge in [0.25, 0.3) is 0 Å². The van der Waals surface area contributed by atoms with Crippen molar-refractivity contribution in [1.29, 1.82) is 0 Å². The third kappa shape index (κ3) is 0.920. The molecule has 4 heteroatoms. The molecule has 10 heavy (non-hydrogen) atoms. The fourth-order valence-electron chi connectivity index (χ4n) is 0.733. The van der Waals surface area contributed by atoms with E-state index >= 15 is 0 Å². The molecule has 0 bridgehead atoms. The highest BCUT2D eigenvalue weighted by atomic mass is 16.7. The normalized spacial score (nSPS) is 24.0. The Kier molecular flexibility index (Phi) is 1.53. The zero-order chi connectivity index (χ0) is 7.72. The van der Waals surface area contributed by atoms with Gasteiger partial charge in [-0.3, -0.25) is 4.79 Å². The third-order valence-electron chi connectivity index (χ3n) is 1.36. The van der Waals surface area contributed by atoms with Gasteiger partial charge in [-0.25, -0.2) is 4.79 Å². The quantitative estimate of drug-likeness (QED) is 0.487. The van der Waals surface area contributed by atoms with Gasteiger partial charge in [0, 0.05) is 6.92 Å². The number of carbonyl (C=O) groups is 2. The second-order valence-corrected chi connectivity index (χ2v) is 2.16. The van der Waals surface area contributed by atoms with Crippen molar-refractivity contribution in [2.24, 2.45) is 11.1 Å². The zero-order valence-corrected chi connectivity index (χ0v) is 5.75. The fourth-order valence-corrected chi connectivity index (χ4v) is 0.733. The van der Waals surface area contributed by atoms with Crippen molar-refractivity contribution in [3.8, 4) is 0 Å². The molecule has 0 aromatic heterocycles. The first-order valence-corrected chi connectivity index (χ1v) is 2.92. The Labute approximate surface area is 57.8 Å². The summed E-state index contributed by atoms with van der Waals surface area (Å²) in [6.07, 6.45) is 0. The summed E-state index contributed by atoms with van der Waals surface area (Å²) in [6, 6.07) is 0. The number of hydrogen-bond acceptors (Lipinski definition) is 4. The van der Waals surface area contributed by atoms with Crippen LogP contribution in [-0.4, -0.2) is 17.5 Å². The zero-order valence-electron chi connectivity index (χ0n) is 5.75. The maximum atomic E-state index is 10.6. The lowest BCUT2D eigenvalue weighted by atomic mass is 10.0. The van der Waals surface area contributed by atoms with Gasteiger partial charge in [0.15, 0.2) is 5.78 Å². The summed E-state index contributed by atoms with van der Waals surface area (Å²) >= 11 is 0. The van der Waals surface area contributed by atoms with E-state index in [1.807, 2.05) is 0 Å². The SMILES string of the molecule is CC(=O)C1=NOC(=O)C1C. The van der Waals surface area contributed by atoms with Gasteiger partial charge in [-0.2, -0.15) is 0 Å². The largest absolute Gasteiger partial charge is 0.343 e. The number of rotatable bonds is 1. The standard InChI is InChI=1S/C6H7NO3/c1-3-5(4(2)8)7-10-6(3)9/h3H,1-2H3. The molecule has 0 fully saturated rings. The molecule has 54 valence electrons. The van der Waals surface area contributed by atoms with Crippen LogP contribution in [0.5, 0.6) is 0 Å². The lowest BCUT2D eigenvalue weighted by Crippen LogP contribution is -2.20. The van der Waals surface area contributed by atoms with Crippen molar-refractivity contribution in [2.45, 2.75) is 13.8 Å². The molecule has 0 saturated heterocycles. The van der Waals surface area contributed by atoms with Gasteiger partial charge in [0.1, 0.15) is 11.6 Å². The molecule has 0 aromatic carbocycles. The van der Waals surface area contributed by atoms with Crippen molar-refractivity contribution in [3.05, 3.63) is 0 Å². The Hall–Kier alpha value is -1.19. The van der Waals surface area contributed by atoms with E-state index in [0.29, 0.717) is 0 Å². The van der Waals surface area contributed by atoms with Gasteiger partial charge in [-0.15, -0.1) is 0 Å². The van der Waals surface area contributed by atoms with Gasteiger partial charge in [0.2, 0.25) is 0 Å². The van der Waals surface area contributed by atoms with E-state index in [4.69, 9.17) is 0 Å².